The van der Waals surface area contributed by atoms with Gasteiger partial charge in [0.2, 0.25) is 0 Å². The average molecular weight is 383 g/mol. The fraction of sp³-hybridized carbons (Fsp3) is 0.176. The molecule has 1 aliphatic rings. The predicted molar refractivity (Wildman–Crippen MR) is 95.1 cm³/mol. The molecule has 8 heteroatoms. The summed E-state index contributed by atoms with van der Waals surface area (Å²) in [6, 6.07) is 8.24. The number of thiocarbonyl (C=S) groups is 1. The number of hydrogen-bond donors (Lipinski definition) is 0. The summed E-state index contributed by atoms with van der Waals surface area (Å²) in [5.74, 6) is 0.440. The van der Waals surface area contributed by atoms with Gasteiger partial charge in [0, 0.05) is 12.1 Å². The van der Waals surface area contributed by atoms with Crippen molar-refractivity contribution in [2.75, 3.05) is 6.54 Å². The fourth-order valence-corrected chi connectivity index (χ4v) is 3.77. The molecule has 1 aromatic heterocycles. The Morgan fingerprint density at radius 1 is 1.24 bits per heavy atom. The van der Waals surface area contributed by atoms with Crippen LogP contribution >= 0.6 is 24.0 Å². The summed E-state index contributed by atoms with van der Waals surface area (Å²) in [7, 11) is 0. The molecule has 0 radical (unpaired) electrons. The van der Waals surface area contributed by atoms with Crippen LogP contribution < -0.4 is 0 Å². The summed E-state index contributed by atoms with van der Waals surface area (Å²) in [5, 5.41) is -0.173. The van der Waals surface area contributed by atoms with Gasteiger partial charge in [0.1, 0.15) is 16.5 Å². The van der Waals surface area contributed by atoms with E-state index in [0.29, 0.717) is 22.2 Å². The topological polar surface area (TPSA) is 33.5 Å². The van der Waals surface area contributed by atoms with Gasteiger partial charge in [0.15, 0.2) is 0 Å². The Balaban J connectivity index is 1.94. The van der Waals surface area contributed by atoms with Gasteiger partial charge in [0.05, 0.1) is 10.5 Å². The molecule has 3 rings (SSSR count). The Morgan fingerprint density at radius 3 is 2.60 bits per heavy atom. The van der Waals surface area contributed by atoms with Crippen LogP contribution in [-0.2, 0) is 6.18 Å². The summed E-state index contributed by atoms with van der Waals surface area (Å²) in [5.41, 5.74) is -0.797. The van der Waals surface area contributed by atoms with Crippen molar-refractivity contribution in [1.29, 1.82) is 0 Å². The highest BCUT2D eigenvalue weighted by atomic mass is 32.2. The van der Waals surface area contributed by atoms with Gasteiger partial charge in [-0.25, -0.2) is 0 Å². The SMILES string of the molecule is CCN1C(=O)SC(=Cc2ccc(-c3ccccc3C(F)(F)F)o2)C1=S. The molecule has 0 aliphatic carbocycles. The van der Waals surface area contributed by atoms with Crippen molar-refractivity contribution in [3.8, 4) is 11.3 Å². The van der Waals surface area contributed by atoms with Crippen molar-refractivity contribution in [1.82, 2.24) is 4.90 Å². The number of carbonyl (C=O) groups excluding carboxylic acids is 1. The Kier molecular flexibility index (Phi) is 4.75. The summed E-state index contributed by atoms with van der Waals surface area (Å²) in [6.07, 6.45) is -2.90. The maximum absolute atomic E-state index is 13.1. The van der Waals surface area contributed by atoms with Gasteiger partial charge in [-0.1, -0.05) is 30.4 Å². The lowest BCUT2D eigenvalue weighted by Crippen LogP contribution is -2.26. The second-order valence-corrected chi connectivity index (χ2v) is 6.55. The molecule has 130 valence electrons. The van der Waals surface area contributed by atoms with Crippen LogP contribution in [0.15, 0.2) is 45.7 Å². The maximum atomic E-state index is 13.1. The number of benzene rings is 1. The molecule has 25 heavy (non-hydrogen) atoms. The van der Waals surface area contributed by atoms with E-state index in [1.54, 1.807) is 12.1 Å². The van der Waals surface area contributed by atoms with E-state index in [1.165, 1.54) is 29.2 Å². The molecular weight excluding hydrogens is 371 g/mol. The number of halogens is 3. The number of nitrogens with zero attached hydrogens (tertiary/aromatic N) is 1. The van der Waals surface area contributed by atoms with E-state index in [9.17, 15) is 18.0 Å². The lowest BCUT2D eigenvalue weighted by molar-refractivity contribution is -0.137. The summed E-state index contributed by atoms with van der Waals surface area (Å²) in [6.45, 7) is 2.27. The monoisotopic (exact) mass is 383 g/mol. The highest BCUT2D eigenvalue weighted by Gasteiger charge is 2.34. The largest absolute Gasteiger partial charge is 0.457 e. The van der Waals surface area contributed by atoms with Crippen molar-refractivity contribution in [3.63, 3.8) is 0 Å². The van der Waals surface area contributed by atoms with Crippen LogP contribution in [0.1, 0.15) is 18.2 Å². The Morgan fingerprint density at radius 2 is 1.96 bits per heavy atom. The highest BCUT2D eigenvalue weighted by molar-refractivity contribution is 8.19. The van der Waals surface area contributed by atoms with Crippen LogP contribution in [0.2, 0.25) is 0 Å². The number of hydrogen-bond acceptors (Lipinski definition) is 4. The lowest BCUT2D eigenvalue weighted by atomic mass is 10.1. The van der Waals surface area contributed by atoms with Crippen molar-refractivity contribution in [2.24, 2.45) is 0 Å². The molecule has 2 aromatic rings. The van der Waals surface area contributed by atoms with Crippen LogP contribution in [0.3, 0.4) is 0 Å². The van der Waals surface area contributed by atoms with Gasteiger partial charge in [-0.15, -0.1) is 0 Å². The van der Waals surface area contributed by atoms with Gasteiger partial charge in [-0.3, -0.25) is 9.69 Å². The molecule has 0 unspecified atom stereocenters. The van der Waals surface area contributed by atoms with Crippen LogP contribution in [0.4, 0.5) is 18.0 Å². The molecule has 0 spiro atoms. The number of amides is 1. The first-order valence-electron chi connectivity index (χ1n) is 7.33. The standard InChI is InChI=1S/C17H12F3NO2S2/c1-2-21-15(24)14(25-16(21)22)9-10-7-8-13(23-10)11-5-3-4-6-12(11)17(18,19)20/h3-9H,2H2,1H3. The normalized spacial score (nSPS) is 17.0. The molecule has 1 saturated heterocycles. The quantitative estimate of drug-likeness (QED) is 0.494. The molecule has 0 atom stereocenters. The molecule has 0 N–H and O–H groups in total. The minimum Gasteiger partial charge on any atom is -0.457 e. The second kappa shape index (κ2) is 6.68. The molecule has 2 heterocycles. The van der Waals surface area contributed by atoms with E-state index >= 15 is 0 Å². The molecule has 1 aromatic carbocycles. The molecule has 1 amide bonds. The number of furan rings is 1. The van der Waals surface area contributed by atoms with E-state index in [2.05, 4.69) is 0 Å². The lowest BCUT2D eigenvalue weighted by Gasteiger charge is -2.10. The number of thioether (sulfide) groups is 1. The number of rotatable bonds is 3. The van der Waals surface area contributed by atoms with Crippen molar-refractivity contribution in [2.45, 2.75) is 13.1 Å². The minimum absolute atomic E-state index is 0.0347. The van der Waals surface area contributed by atoms with Gasteiger partial charge in [0.25, 0.3) is 5.24 Å². The first-order valence-corrected chi connectivity index (χ1v) is 8.55. The molecular formula is C17H12F3NO2S2. The Hall–Kier alpha value is -2.06. The second-order valence-electron chi connectivity index (χ2n) is 5.17. The molecule has 3 nitrogen and oxygen atoms in total. The summed E-state index contributed by atoms with van der Waals surface area (Å²) >= 11 is 6.21. The zero-order chi connectivity index (χ0) is 18.2. The summed E-state index contributed by atoms with van der Waals surface area (Å²) < 4.78 is 44.9. The van der Waals surface area contributed by atoms with Crippen LogP contribution in [0, 0.1) is 0 Å². The molecule has 1 aliphatic heterocycles. The minimum atomic E-state index is -4.47. The first kappa shape index (κ1) is 17.8. The van der Waals surface area contributed by atoms with Crippen LogP contribution in [-0.4, -0.2) is 21.7 Å². The third-order valence-electron chi connectivity index (χ3n) is 3.59. The van der Waals surface area contributed by atoms with Gasteiger partial charge < -0.3 is 4.42 Å². The van der Waals surface area contributed by atoms with Crippen LogP contribution in [0.25, 0.3) is 17.4 Å². The van der Waals surface area contributed by atoms with E-state index < -0.39 is 11.7 Å². The third-order valence-corrected chi connectivity index (χ3v) is 5.08. The Labute approximate surface area is 151 Å². The fourth-order valence-electron chi connectivity index (χ4n) is 2.42. The van der Waals surface area contributed by atoms with Gasteiger partial charge in [-0.05, 0) is 43.0 Å². The summed E-state index contributed by atoms with van der Waals surface area (Å²) in [4.78, 5) is 14.2. The smallest absolute Gasteiger partial charge is 0.417 e. The van der Waals surface area contributed by atoms with E-state index in [-0.39, 0.29) is 16.6 Å². The zero-order valence-electron chi connectivity index (χ0n) is 13.0. The first-order chi connectivity index (χ1) is 11.8. The average Bonchev–Trinajstić information content (AvgIpc) is 3.12. The maximum Gasteiger partial charge on any atom is 0.417 e. The number of carbonyl (C=O) groups is 1. The van der Waals surface area contributed by atoms with E-state index in [1.807, 2.05) is 6.92 Å². The number of alkyl halides is 3. The molecule has 1 fully saturated rings. The van der Waals surface area contributed by atoms with Crippen LogP contribution in [0.5, 0.6) is 0 Å². The Bertz CT molecular complexity index is 871. The van der Waals surface area contributed by atoms with Gasteiger partial charge in [-0.2, -0.15) is 13.2 Å². The predicted octanol–water partition coefficient (Wildman–Crippen LogP) is 5.82. The van der Waals surface area contributed by atoms with E-state index in [0.717, 1.165) is 17.8 Å². The number of likely N-dealkylation sites (N-methyl/N-ethyl adjacent to an activating group) is 1. The zero-order valence-corrected chi connectivity index (χ0v) is 14.6. The van der Waals surface area contributed by atoms with Crippen molar-refractivity contribution < 1.29 is 22.4 Å². The molecule has 0 saturated carbocycles. The van der Waals surface area contributed by atoms with E-state index in [4.69, 9.17) is 16.6 Å². The highest BCUT2D eigenvalue weighted by Crippen LogP contribution is 2.38. The molecule has 0 bridgehead atoms. The van der Waals surface area contributed by atoms with Crippen molar-refractivity contribution >= 4 is 40.3 Å². The third kappa shape index (κ3) is 3.50. The van der Waals surface area contributed by atoms with Crippen molar-refractivity contribution in [3.05, 3.63) is 52.6 Å². The van der Waals surface area contributed by atoms with Gasteiger partial charge >= 0.3 is 6.18 Å².